The number of hydrogen-bond acceptors (Lipinski definition) is 6. The molecule has 0 N–H and O–H groups in total. The van der Waals surface area contributed by atoms with Crippen molar-refractivity contribution < 1.29 is 39.7 Å². The Morgan fingerprint density at radius 2 is 1.60 bits per heavy atom. The van der Waals surface area contributed by atoms with Crippen molar-refractivity contribution in [3.8, 4) is 5.75 Å². The van der Waals surface area contributed by atoms with E-state index in [1.54, 1.807) is 12.1 Å². The molecule has 0 saturated heterocycles. The van der Waals surface area contributed by atoms with Crippen molar-refractivity contribution >= 4 is 21.7 Å². The Bertz CT molecular complexity index is 1410. The minimum absolute atomic E-state index is 0.0556. The van der Waals surface area contributed by atoms with Gasteiger partial charge in [-0.25, -0.2) is 4.39 Å². The van der Waals surface area contributed by atoms with Crippen molar-refractivity contribution in [1.82, 2.24) is 4.90 Å². The Kier molecular flexibility index (Phi) is 10.2. The zero-order valence-corrected chi connectivity index (χ0v) is 23.1. The topological polar surface area (TPSA) is 76.2 Å². The number of rotatable bonds is 12. The first-order valence-corrected chi connectivity index (χ1v) is 13.8. The lowest BCUT2D eigenvalue weighted by atomic mass is 10.1. The van der Waals surface area contributed by atoms with Crippen molar-refractivity contribution in [2.24, 2.45) is 0 Å². The van der Waals surface area contributed by atoms with Gasteiger partial charge in [0.15, 0.2) is 0 Å². The zero-order chi connectivity index (χ0) is 29.5. The molecule has 216 valence electrons. The van der Waals surface area contributed by atoms with E-state index in [2.05, 4.69) is 0 Å². The van der Waals surface area contributed by atoms with E-state index in [1.165, 1.54) is 42.3 Å². The van der Waals surface area contributed by atoms with Gasteiger partial charge in [-0.3, -0.25) is 4.79 Å². The van der Waals surface area contributed by atoms with Gasteiger partial charge in [0.2, 0.25) is 5.91 Å². The van der Waals surface area contributed by atoms with E-state index in [9.17, 15) is 30.8 Å². The fraction of sp³-hybridized carbons (Fsp3) is 0.321. The highest BCUT2D eigenvalue weighted by molar-refractivity contribution is 7.87. The van der Waals surface area contributed by atoms with E-state index in [1.807, 2.05) is 18.7 Å². The highest BCUT2D eigenvalue weighted by Crippen LogP contribution is 2.33. The molecule has 0 unspecified atom stereocenters. The number of hydrogen-bond donors (Lipinski definition) is 0. The van der Waals surface area contributed by atoms with Crippen LogP contribution in [0.3, 0.4) is 0 Å². The van der Waals surface area contributed by atoms with E-state index in [-0.39, 0.29) is 31.0 Å². The smallest absolute Gasteiger partial charge is 0.379 e. The Hall–Kier alpha value is -3.64. The summed E-state index contributed by atoms with van der Waals surface area (Å²) in [5, 5.41) is 0. The second-order valence-electron chi connectivity index (χ2n) is 8.84. The predicted octanol–water partition coefficient (Wildman–Crippen LogP) is 5.63. The first-order chi connectivity index (χ1) is 18.9. The molecule has 0 atom stereocenters. The summed E-state index contributed by atoms with van der Waals surface area (Å²) in [6, 6.07) is 13.6. The molecule has 0 fully saturated rings. The third-order valence-corrected chi connectivity index (χ3v) is 7.33. The molecule has 12 heteroatoms. The lowest BCUT2D eigenvalue weighted by molar-refractivity contribution is -0.138. The van der Waals surface area contributed by atoms with Crippen LogP contribution in [0, 0.1) is 5.82 Å². The molecule has 7 nitrogen and oxygen atoms in total. The molecule has 0 aliphatic carbocycles. The van der Waals surface area contributed by atoms with Crippen LogP contribution in [-0.2, 0) is 38.9 Å². The molecule has 1 amide bonds. The number of methoxy groups -OCH3 is 1. The molecule has 0 aromatic heterocycles. The molecule has 0 radical (unpaired) electrons. The summed E-state index contributed by atoms with van der Waals surface area (Å²) in [6.07, 6.45) is -4.75. The summed E-state index contributed by atoms with van der Waals surface area (Å²) in [4.78, 5) is 15.5. The number of carbonyl (C=O) groups is 1. The third-order valence-electron chi connectivity index (χ3n) is 6.10. The summed E-state index contributed by atoms with van der Waals surface area (Å²) < 4.78 is 89.9. The highest BCUT2D eigenvalue weighted by Gasteiger charge is 2.32. The highest BCUT2D eigenvalue weighted by atomic mass is 32.2. The molecule has 40 heavy (non-hydrogen) atoms. The Morgan fingerprint density at radius 1 is 0.925 bits per heavy atom. The van der Waals surface area contributed by atoms with Crippen molar-refractivity contribution in [2.75, 3.05) is 31.7 Å². The van der Waals surface area contributed by atoms with Gasteiger partial charge < -0.3 is 18.7 Å². The molecule has 0 bridgehead atoms. The standard InChI is InChI=1S/C28H30F4N2O5S/c1-4-33(5-2)24-14-11-21(18-34(27(35)19-38-3)17-20-9-12-23(29)13-10-20)26(16-24)39-40(36,37)25-8-6-7-22(15-25)28(30,31)32/h6-16H,4-5,17-19H2,1-3H3. The summed E-state index contributed by atoms with van der Waals surface area (Å²) >= 11 is 0. The van der Waals surface area contributed by atoms with Crippen LogP contribution < -0.4 is 9.08 Å². The van der Waals surface area contributed by atoms with E-state index < -0.39 is 38.5 Å². The molecule has 0 saturated carbocycles. The van der Waals surface area contributed by atoms with Gasteiger partial charge >= 0.3 is 16.3 Å². The van der Waals surface area contributed by atoms with Crippen LogP contribution in [0.25, 0.3) is 0 Å². The number of amides is 1. The van der Waals surface area contributed by atoms with Crippen LogP contribution in [0.1, 0.15) is 30.5 Å². The molecule has 3 aromatic carbocycles. The fourth-order valence-electron chi connectivity index (χ4n) is 3.99. The average molecular weight is 583 g/mol. The van der Waals surface area contributed by atoms with Gasteiger partial charge in [0, 0.05) is 50.6 Å². The summed E-state index contributed by atoms with van der Waals surface area (Å²) in [5.41, 5.74) is 0.393. The molecule has 0 spiro atoms. The van der Waals surface area contributed by atoms with Gasteiger partial charge in [0.25, 0.3) is 0 Å². The molecule has 0 aliphatic rings. The van der Waals surface area contributed by atoms with Crippen LogP contribution in [-0.4, -0.2) is 46.0 Å². The second kappa shape index (κ2) is 13.1. The van der Waals surface area contributed by atoms with Crippen molar-refractivity contribution in [2.45, 2.75) is 38.0 Å². The van der Waals surface area contributed by atoms with Gasteiger partial charge in [-0.05, 0) is 55.8 Å². The number of alkyl halides is 3. The van der Waals surface area contributed by atoms with Gasteiger partial charge in [0.1, 0.15) is 23.1 Å². The predicted molar refractivity (Wildman–Crippen MR) is 142 cm³/mol. The number of halogens is 4. The van der Waals surface area contributed by atoms with Crippen LogP contribution >= 0.6 is 0 Å². The second-order valence-corrected chi connectivity index (χ2v) is 10.4. The normalized spacial score (nSPS) is 11.8. The van der Waals surface area contributed by atoms with E-state index in [0.29, 0.717) is 30.4 Å². The average Bonchev–Trinajstić information content (AvgIpc) is 2.91. The molecule has 3 rings (SSSR count). The lowest BCUT2D eigenvalue weighted by Gasteiger charge is -2.26. The Labute approximate surface area is 231 Å². The number of ether oxygens (including phenoxy) is 1. The van der Waals surface area contributed by atoms with Gasteiger partial charge in [0.05, 0.1) is 5.56 Å². The van der Waals surface area contributed by atoms with Gasteiger partial charge in [-0.2, -0.15) is 21.6 Å². The van der Waals surface area contributed by atoms with Crippen LogP contribution in [0.5, 0.6) is 5.75 Å². The lowest BCUT2D eigenvalue weighted by Crippen LogP contribution is -2.33. The fourth-order valence-corrected chi connectivity index (χ4v) is 5.00. The van der Waals surface area contributed by atoms with Gasteiger partial charge in [-0.15, -0.1) is 0 Å². The maximum Gasteiger partial charge on any atom is 0.416 e. The van der Waals surface area contributed by atoms with Crippen LogP contribution in [0.15, 0.2) is 71.6 Å². The maximum absolute atomic E-state index is 13.4. The van der Waals surface area contributed by atoms with E-state index in [4.69, 9.17) is 8.92 Å². The van der Waals surface area contributed by atoms with Crippen molar-refractivity contribution in [1.29, 1.82) is 0 Å². The number of benzene rings is 3. The monoisotopic (exact) mass is 582 g/mol. The van der Waals surface area contributed by atoms with Crippen molar-refractivity contribution in [3.05, 3.63) is 89.2 Å². The maximum atomic E-state index is 13.4. The largest absolute Gasteiger partial charge is 0.416 e. The first kappa shape index (κ1) is 30.9. The van der Waals surface area contributed by atoms with E-state index in [0.717, 1.165) is 18.2 Å². The first-order valence-electron chi connectivity index (χ1n) is 12.4. The summed E-state index contributed by atoms with van der Waals surface area (Å²) in [6.45, 7) is 4.68. The van der Waals surface area contributed by atoms with Crippen molar-refractivity contribution in [3.63, 3.8) is 0 Å². The SMILES string of the molecule is CCN(CC)c1ccc(CN(Cc2ccc(F)cc2)C(=O)COC)c(OS(=O)(=O)c2cccc(C(F)(F)F)c2)c1. The Balaban J connectivity index is 2.04. The quantitative estimate of drug-likeness (QED) is 0.204. The number of anilines is 1. The minimum atomic E-state index is -4.75. The third kappa shape index (κ3) is 7.95. The van der Waals surface area contributed by atoms with Gasteiger partial charge in [-0.1, -0.05) is 24.3 Å². The zero-order valence-electron chi connectivity index (χ0n) is 22.2. The molecular weight excluding hydrogens is 552 g/mol. The van der Waals surface area contributed by atoms with Crippen LogP contribution in [0.4, 0.5) is 23.2 Å². The Morgan fingerprint density at radius 3 is 2.20 bits per heavy atom. The summed E-state index contributed by atoms with van der Waals surface area (Å²) in [5.74, 6) is -1.01. The van der Waals surface area contributed by atoms with Crippen LogP contribution in [0.2, 0.25) is 0 Å². The number of carbonyl (C=O) groups excluding carboxylic acids is 1. The molecule has 0 heterocycles. The molecular formula is C28H30F4N2O5S. The summed E-state index contributed by atoms with van der Waals surface area (Å²) in [7, 11) is -3.34. The van der Waals surface area contributed by atoms with E-state index >= 15 is 0 Å². The molecule has 3 aromatic rings. The molecule has 0 aliphatic heterocycles. The number of nitrogens with zero attached hydrogens (tertiary/aromatic N) is 2. The minimum Gasteiger partial charge on any atom is -0.379 e.